The van der Waals surface area contributed by atoms with Crippen LogP contribution in [-0.2, 0) is 20.7 Å². The van der Waals surface area contributed by atoms with Crippen LogP contribution in [0.5, 0.6) is 11.5 Å². The zero-order valence-electron chi connectivity index (χ0n) is 22.3. The van der Waals surface area contributed by atoms with Crippen molar-refractivity contribution < 1.29 is 28.1 Å². The number of benzene rings is 3. The molecule has 2 atom stereocenters. The van der Waals surface area contributed by atoms with Gasteiger partial charge in [-0.25, -0.2) is 9.18 Å². The number of likely N-dealkylation sites (tertiary alicyclic amines) is 1. The molecule has 1 aliphatic rings. The minimum absolute atomic E-state index is 0.0929. The van der Waals surface area contributed by atoms with Crippen molar-refractivity contribution in [1.29, 1.82) is 0 Å². The number of para-hydroxylation sites is 1. The molecule has 3 aromatic carbocycles. The minimum atomic E-state index is -0.828. The number of piperidine rings is 1. The summed E-state index contributed by atoms with van der Waals surface area (Å²) < 4.78 is 36.3. The topological polar surface area (TPSA) is 57.2 Å². The predicted octanol–water partition coefficient (Wildman–Crippen LogP) is 5.77. The fraction of sp³-hybridized carbons (Fsp3) is 0.387. The predicted molar refractivity (Wildman–Crippen MR) is 144 cm³/mol. The largest absolute Gasteiger partial charge is 0.493 e. The Morgan fingerprint density at radius 1 is 0.921 bits per heavy atom. The van der Waals surface area contributed by atoms with Gasteiger partial charge in [-0.1, -0.05) is 54.6 Å². The highest BCUT2D eigenvalue weighted by atomic mass is 19.1. The maximum absolute atomic E-state index is 13.4. The van der Waals surface area contributed by atoms with Crippen LogP contribution in [-0.4, -0.2) is 51.8 Å². The number of ether oxygens (including phenoxy) is 4. The van der Waals surface area contributed by atoms with Crippen molar-refractivity contribution in [3.05, 3.63) is 95.3 Å². The first-order valence-electron chi connectivity index (χ1n) is 13.0. The van der Waals surface area contributed by atoms with Crippen LogP contribution in [0.1, 0.15) is 41.7 Å². The van der Waals surface area contributed by atoms with Gasteiger partial charge in [0.25, 0.3) is 0 Å². The Labute approximate surface area is 224 Å². The first-order valence-corrected chi connectivity index (χ1v) is 13.0. The highest BCUT2D eigenvalue weighted by Gasteiger charge is 2.35. The average molecular weight is 522 g/mol. The molecule has 0 spiro atoms. The molecule has 0 aromatic heterocycles. The fourth-order valence-corrected chi connectivity index (χ4v) is 5.15. The summed E-state index contributed by atoms with van der Waals surface area (Å²) in [6.07, 6.45) is 1.22. The van der Waals surface area contributed by atoms with Crippen LogP contribution >= 0.6 is 0 Å². The van der Waals surface area contributed by atoms with E-state index in [1.165, 1.54) is 19.2 Å². The molecule has 202 valence electrons. The highest BCUT2D eigenvalue weighted by molar-refractivity contribution is 5.77. The Kier molecular flexibility index (Phi) is 9.73. The molecule has 6 nitrogen and oxygen atoms in total. The van der Waals surface area contributed by atoms with E-state index in [4.69, 9.17) is 18.9 Å². The van der Waals surface area contributed by atoms with E-state index in [-0.39, 0.29) is 11.7 Å². The number of hydrogen-bond donors (Lipinski definition) is 0. The molecule has 0 radical (unpaired) electrons. The van der Waals surface area contributed by atoms with Gasteiger partial charge in [-0.3, -0.25) is 0 Å². The Bertz CT molecular complexity index is 1160. The van der Waals surface area contributed by atoms with Gasteiger partial charge >= 0.3 is 5.97 Å². The lowest BCUT2D eigenvalue weighted by atomic mass is 9.86. The van der Waals surface area contributed by atoms with E-state index in [0.717, 1.165) is 55.6 Å². The van der Waals surface area contributed by atoms with Crippen molar-refractivity contribution in [2.45, 2.75) is 31.5 Å². The van der Waals surface area contributed by atoms with Crippen LogP contribution in [0, 0.1) is 11.7 Å². The second kappa shape index (κ2) is 13.4. The van der Waals surface area contributed by atoms with Crippen molar-refractivity contribution in [2.75, 3.05) is 41.0 Å². The fourth-order valence-electron chi connectivity index (χ4n) is 5.15. The van der Waals surface area contributed by atoms with Crippen LogP contribution in [0.3, 0.4) is 0 Å². The van der Waals surface area contributed by atoms with E-state index in [9.17, 15) is 9.18 Å². The first kappa shape index (κ1) is 27.6. The molecular formula is C31H36FNO5. The maximum Gasteiger partial charge on any atom is 0.340 e. The summed E-state index contributed by atoms with van der Waals surface area (Å²) in [5.74, 6) is 0.600. The molecule has 7 heteroatoms. The number of carbonyl (C=O) groups excluding carboxylic acids is 1. The third kappa shape index (κ3) is 6.71. The molecule has 2 unspecified atom stereocenters. The molecule has 0 N–H and O–H groups in total. The number of esters is 1. The van der Waals surface area contributed by atoms with E-state index in [2.05, 4.69) is 4.90 Å². The summed E-state index contributed by atoms with van der Waals surface area (Å²) in [4.78, 5) is 15.9. The van der Waals surface area contributed by atoms with E-state index >= 15 is 0 Å². The highest BCUT2D eigenvalue weighted by Crippen LogP contribution is 2.43. The van der Waals surface area contributed by atoms with Crippen LogP contribution in [0.15, 0.2) is 72.8 Å². The molecule has 1 fully saturated rings. The van der Waals surface area contributed by atoms with Gasteiger partial charge in [-0.05, 0) is 61.7 Å². The van der Waals surface area contributed by atoms with Gasteiger partial charge in [0, 0.05) is 25.1 Å². The molecule has 1 heterocycles. The summed E-state index contributed by atoms with van der Waals surface area (Å²) in [7, 11) is 4.71. The third-order valence-electron chi connectivity index (χ3n) is 7.23. The number of halogens is 1. The molecule has 4 rings (SSSR count). The van der Waals surface area contributed by atoms with Gasteiger partial charge in [0.1, 0.15) is 11.9 Å². The molecule has 1 aliphatic heterocycles. The Morgan fingerprint density at radius 3 is 2.26 bits per heavy atom. The molecule has 0 amide bonds. The zero-order chi connectivity index (χ0) is 26.9. The number of nitrogens with zero attached hydrogens (tertiary/aromatic N) is 1. The summed E-state index contributed by atoms with van der Waals surface area (Å²) in [5.41, 5.74) is 2.65. The lowest BCUT2D eigenvalue weighted by Crippen LogP contribution is -2.38. The number of carbonyl (C=O) groups is 1. The number of rotatable bonds is 11. The average Bonchev–Trinajstić information content (AvgIpc) is 2.96. The molecule has 3 aromatic rings. The van der Waals surface area contributed by atoms with Crippen molar-refractivity contribution in [3.63, 3.8) is 0 Å². The Balaban J connectivity index is 1.51. The van der Waals surface area contributed by atoms with Gasteiger partial charge in [-0.2, -0.15) is 0 Å². The summed E-state index contributed by atoms with van der Waals surface area (Å²) in [6, 6.07) is 21.7. The molecule has 0 bridgehead atoms. The third-order valence-corrected chi connectivity index (χ3v) is 7.23. The second-order valence-electron chi connectivity index (χ2n) is 9.52. The summed E-state index contributed by atoms with van der Waals surface area (Å²) in [6.45, 7) is 2.64. The normalized spacial score (nSPS) is 16.0. The molecule has 0 aliphatic carbocycles. The van der Waals surface area contributed by atoms with E-state index in [0.29, 0.717) is 11.5 Å². The Morgan fingerprint density at radius 2 is 1.63 bits per heavy atom. The smallest absolute Gasteiger partial charge is 0.340 e. The van der Waals surface area contributed by atoms with Gasteiger partial charge < -0.3 is 23.8 Å². The van der Waals surface area contributed by atoms with Crippen molar-refractivity contribution >= 4 is 5.97 Å². The number of methoxy groups -OCH3 is 3. The summed E-state index contributed by atoms with van der Waals surface area (Å²) in [5, 5.41) is 0. The van der Waals surface area contributed by atoms with E-state index in [1.54, 1.807) is 14.2 Å². The quantitative estimate of drug-likeness (QED) is 0.299. The summed E-state index contributed by atoms with van der Waals surface area (Å²) >= 11 is 0. The molecule has 38 heavy (non-hydrogen) atoms. The van der Waals surface area contributed by atoms with Gasteiger partial charge in [0.2, 0.25) is 0 Å². The van der Waals surface area contributed by atoms with Gasteiger partial charge in [-0.15, -0.1) is 0 Å². The van der Waals surface area contributed by atoms with Crippen molar-refractivity contribution in [2.24, 2.45) is 5.92 Å². The van der Waals surface area contributed by atoms with Crippen LogP contribution in [0.4, 0.5) is 4.39 Å². The SMILES string of the molecule is COc1cccc(C(OC(=O)C(OC)c2ccccc2)C2CCN(CCc3ccc(F)cc3)CC2)c1OC. The number of hydrogen-bond acceptors (Lipinski definition) is 6. The monoisotopic (exact) mass is 521 g/mol. The van der Waals surface area contributed by atoms with Crippen LogP contribution in [0.25, 0.3) is 0 Å². The van der Waals surface area contributed by atoms with Crippen molar-refractivity contribution in [3.8, 4) is 11.5 Å². The van der Waals surface area contributed by atoms with Crippen LogP contribution in [0.2, 0.25) is 0 Å². The standard InChI is InChI=1S/C31H36FNO5/c1-35-27-11-7-10-26(30(27)37-3)28(38-31(34)29(36-2)23-8-5-4-6-9-23)24-17-20-33(21-18-24)19-16-22-12-14-25(32)15-13-22/h4-15,24,28-29H,16-21H2,1-3H3. The lowest BCUT2D eigenvalue weighted by molar-refractivity contribution is -0.166. The van der Waals surface area contributed by atoms with Crippen LogP contribution < -0.4 is 9.47 Å². The van der Waals surface area contributed by atoms with Gasteiger partial charge in [0.15, 0.2) is 17.6 Å². The lowest BCUT2D eigenvalue weighted by Gasteiger charge is -2.36. The molecule has 0 saturated carbocycles. The molecule has 1 saturated heterocycles. The van der Waals surface area contributed by atoms with E-state index < -0.39 is 18.2 Å². The first-order chi connectivity index (χ1) is 18.5. The zero-order valence-corrected chi connectivity index (χ0v) is 22.3. The molecular weight excluding hydrogens is 485 g/mol. The Hall–Kier alpha value is -3.42. The van der Waals surface area contributed by atoms with E-state index in [1.807, 2.05) is 60.7 Å². The minimum Gasteiger partial charge on any atom is -0.493 e. The van der Waals surface area contributed by atoms with Gasteiger partial charge in [0.05, 0.1) is 14.2 Å². The van der Waals surface area contributed by atoms with Crippen molar-refractivity contribution in [1.82, 2.24) is 4.90 Å². The second-order valence-corrected chi connectivity index (χ2v) is 9.52. The maximum atomic E-state index is 13.4.